The van der Waals surface area contributed by atoms with Crippen molar-refractivity contribution in [2.24, 2.45) is 0 Å². The van der Waals surface area contributed by atoms with Gasteiger partial charge in [0.15, 0.2) is 11.5 Å². The fraction of sp³-hybridized carbons (Fsp3) is 0.353. The molecule has 0 aliphatic heterocycles. The second kappa shape index (κ2) is 7.69. The summed E-state index contributed by atoms with van der Waals surface area (Å²) in [6.45, 7) is 4.03. The van der Waals surface area contributed by atoms with Gasteiger partial charge in [-0.25, -0.2) is 9.97 Å². The van der Waals surface area contributed by atoms with E-state index in [1.165, 1.54) is 21.3 Å². The van der Waals surface area contributed by atoms with E-state index in [0.29, 0.717) is 46.3 Å². The molecule has 1 amide bonds. The molecule has 1 aromatic carbocycles. The fourth-order valence-corrected chi connectivity index (χ4v) is 2.54. The highest BCUT2D eigenvalue weighted by Crippen LogP contribution is 2.41. The first-order valence-corrected chi connectivity index (χ1v) is 7.69. The number of benzene rings is 1. The molecule has 0 bridgehead atoms. The highest BCUT2D eigenvalue weighted by atomic mass is 16.5. The molecule has 1 aromatic heterocycles. The van der Waals surface area contributed by atoms with E-state index in [1.54, 1.807) is 19.1 Å². The molecular weight excluding hydrogens is 324 g/mol. The van der Waals surface area contributed by atoms with Gasteiger partial charge in [-0.15, -0.1) is 0 Å². The summed E-state index contributed by atoms with van der Waals surface area (Å²) in [6.07, 6.45) is 0. The Bertz CT molecular complexity index is 767. The van der Waals surface area contributed by atoms with Gasteiger partial charge in [-0.2, -0.15) is 0 Å². The number of nitrogens with zero attached hydrogens (tertiary/aromatic N) is 2. The van der Waals surface area contributed by atoms with Crippen LogP contribution in [0.2, 0.25) is 0 Å². The summed E-state index contributed by atoms with van der Waals surface area (Å²) in [4.78, 5) is 20.9. The van der Waals surface area contributed by atoms with E-state index in [9.17, 15) is 4.79 Å². The topological polar surface area (TPSA) is 109 Å². The van der Waals surface area contributed by atoms with E-state index in [2.05, 4.69) is 15.3 Å². The SMILES string of the molecule is CCNC(=O)c1c(C)nc(N)nc1-c1cc(OC)c(OC)c(OC)c1. The van der Waals surface area contributed by atoms with Gasteiger partial charge in [-0.3, -0.25) is 4.79 Å². The van der Waals surface area contributed by atoms with E-state index in [-0.39, 0.29) is 11.9 Å². The molecular formula is C17H22N4O4. The quantitative estimate of drug-likeness (QED) is 0.821. The number of nitrogens with one attached hydrogen (secondary N) is 1. The van der Waals surface area contributed by atoms with Gasteiger partial charge in [0.1, 0.15) is 0 Å². The minimum absolute atomic E-state index is 0.0781. The number of amides is 1. The van der Waals surface area contributed by atoms with Crippen molar-refractivity contribution in [3.05, 3.63) is 23.4 Å². The van der Waals surface area contributed by atoms with E-state index in [1.807, 2.05) is 6.92 Å². The third-order valence-corrected chi connectivity index (χ3v) is 3.61. The van der Waals surface area contributed by atoms with Crippen molar-refractivity contribution < 1.29 is 19.0 Å². The first-order valence-electron chi connectivity index (χ1n) is 7.69. The molecule has 0 spiro atoms. The van der Waals surface area contributed by atoms with Crippen molar-refractivity contribution in [3.8, 4) is 28.5 Å². The summed E-state index contributed by atoms with van der Waals surface area (Å²) in [5.74, 6) is 1.16. The molecule has 0 atom stereocenters. The Labute approximate surface area is 146 Å². The van der Waals surface area contributed by atoms with Crippen LogP contribution >= 0.6 is 0 Å². The molecule has 0 fully saturated rings. The Balaban J connectivity index is 2.75. The average molecular weight is 346 g/mol. The third-order valence-electron chi connectivity index (χ3n) is 3.61. The summed E-state index contributed by atoms with van der Waals surface area (Å²) in [5.41, 5.74) is 7.64. The zero-order chi connectivity index (χ0) is 18.6. The summed E-state index contributed by atoms with van der Waals surface area (Å²) in [5, 5.41) is 2.77. The molecule has 8 heteroatoms. The molecule has 1 heterocycles. The van der Waals surface area contributed by atoms with Gasteiger partial charge in [-0.05, 0) is 26.0 Å². The van der Waals surface area contributed by atoms with Crippen LogP contribution in [0, 0.1) is 6.92 Å². The molecule has 0 aliphatic rings. The lowest BCUT2D eigenvalue weighted by Crippen LogP contribution is -2.25. The van der Waals surface area contributed by atoms with Crippen LogP contribution in [0.15, 0.2) is 12.1 Å². The first kappa shape index (κ1) is 18.3. The highest BCUT2D eigenvalue weighted by Gasteiger charge is 2.22. The van der Waals surface area contributed by atoms with E-state index < -0.39 is 0 Å². The van der Waals surface area contributed by atoms with Crippen molar-refractivity contribution in [1.29, 1.82) is 0 Å². The maximum Gasteiger partial charge on any atom is 0.255 e. The fourth-order valence-electron chi connectivity index (χ4n) is 2.54. The number of carbonyl (C=O) groups excluding carboxylic acids is 1. The van der Waals surface area contributed by atoms with Crippen LogP contribution in [0.1, 0.15) is 23.0 Å². The van der Waals surface area contributed by atoms with Crippen LogP contribution in [0.5, 0.6) is 17.2 Å². The predicted molar refractivity (Wildman–Crippen MR) is 94.3 cm³/mol. The number of aromatic nitrogens is 2. The number of ether oxygens (including phenoxy) is 3. The molecule has 2 aromatic rings. The number of carbonyl (C=O) groups is 1. The van der Waals surface area contributed by atoms with Crippen LogP contribution in [-0.2, 0) is 0 Å². The molecule has 3 N–H and O–H groups in total. The van der Waals surface area contributed by atoms with E-state index >= 15 is 0 Å². The van der Waals surface area contributed by atoms with Crippen molar-refractivity contribution in [3.63, 3.8) is 0 Å². The van der Waals surface area contributed by atoms with Gasteiger partial charge in [-0.1, -0.05) is 0 Å². The largest absolute Gasteiger partial charge is 0.493 e. The Morgan fingerprint density at radius 1 is 1.12 bits per heavy atom. The summed E-state index contributed by atoms with van der Waals surface area (Å²) in [7, 11) is 4.56. The smallest absolute Gasteiger partial charge is 0.255 e. The first-order chi connectivity index (χ1) is 12.0. The van der Waals surface area contributed by atoms with Crippen LogP contribution < -0.4 is 25.3 Å². The number of nitrogens with two attached hydrogens (primary N) is 1. The lowest BCUT2D eigenvalue weighted by molar-refractivity contribution is 0.0955. The molecule has 0 radical (unpaired) electrons. The maximum atomic E-state index is 12.5. The van der Waals surface area contributed by atoms with E-state index in [0.717, 1.165) is 0 Å². The Morgan fingerprint density at radius 2 is 1.72 bits per heavy atom. The number of hydrogen-bond acceptors (Lipinski definition) is 7. The van der Waals surface area contributed by atoms with Gasteiger partial charge >= 0.3 is 0 Å². The van der Waals surface area contributed by atoms with Crippen LogP contribution in [0.25, 0.3) is 11.3 Å². The Kier molecular flexibility index (Phi) is 5.63. The van der Waals surface area contributed by atoms with Gasteiger partial charge in [0, 0.05) is 12.1 Å². The average Bonchev–Trinajstić information content (AvgIpc) is 2.59. The molecule has 0 aliphatic carbocycles. The zero-order valence-corrected chi connectivity index (χ0v) is 15.0. The number of hydrogen-bond donors (Lipinski definition) is 2. The van der Waals surface area contributed by atoms with Gasteiger partial charge in [0.25, 0.3) is 5.91 Å². The lowest BCUT2D eigenvalue weighted by atomic mass is 10.0. The van der Waals surface area contributed by atoms with Gasteiger partial charge in [0.2, 0.25) is 11.7 Å². The molecule has 0 unspecified atom stereocenters. The lowest BCUT2D eigenvalue weighted by Gasteiger charge is -2.16. The van der Waals surface area contributed by atoms with Crippen molar-refractivity contribution >= 4 is 11.9 Å². The summed E-state index contributed by atoms with van der Waals surface area (Å²) < 4.78 is 16.1. The van der Waals surface area contributed by atoms with Crippen molar-refractivity contribution in [2.75, 3.05) is 33.6 Å². The number of nitrogen functional groups attached to an aromatic ring is 1. The number of aryl methyl sites for hydroxylation is 1. The molecule has 134 valence electrons. The monoisotopic (exact) mass is 346 g/mol. The minimum Gasteiger partial charge on any atom is -0.493 e. The number of anilines is 1. The highest BCUT2D eigenvalue weighted by molar-refractivity contribution is 6.01. The molecule has 0 saturated heterocycles. The van der Waals surface area contributed by atoms with Crippen LogP contribution in [0.4, 0.5) is 5.95 Å². The Hall–Kier alpha value is -3.03. The standard InChI is InChI=1S/C17H22N4O4/c1-6-19-16(22)13-9(2)20-17(18)21-14(13)10-7-11(23-3)15(25-5)12(8-10)24-4/h7-8H,6H2,1-5H3,(H,19,22)(H2,18,20,21). The Morgan fingerprint density at radius 3 is 2.20 bits per heavy atom. The van der Waals surface area contributed by atoms with Crippen molar-refractivity contribution in [2.45, 2.75) is 13.8 Å². The molecule has 0 saturated carbocycles. The molecule has 8 nitrogen and oxygen atoms in total. The van der Waals surface area contributed by atoms with Gasteiger partial charge < -0.3 is 25.3 Å². The predicted octanol–water partition coefficient (Wildman–Crippen LogP) is 1.81. The van der Waals surface area contributed by atoms with E-state index in [4.69, 9.17) is 19.9 Å². The maximum absolute atomic E-state index is 12.5. The summed E-state index contributed by atoms with van der Waals surface area (Å²) >= 11 is 0. The molecule has 25 heavy (non-hydrogen) atoms. The second-order valence-electron chi connectivity index (χ2n) is 5.16. The zero-order valence-electron chi connectivity index (χ0n) is 15.0. The van der Waals surface area contributed by atoms with Gasteiger partial charge in [0.05, 0.1) is 38.3 Å². The second-order valence-corrected chi connectivity index (χ2v) is 5.16. The summed E-state index contributed by atoms with van der Waals surface area (Å²) in [6, 6.07) is 3.43. The normalized spacial score (nSPS) is 10.3. The van der Waals surface area contributed by atoms with Crippen LogP contribution in [0.3, 0.4) is 0 Å². The van der Waals surface area contributed by atoms with Crippen LogP contribution in [-0.4, -0.2) is 43.7 Å². The number of methoxy groups -OCH3 is 3. The number of rotatable bonds is 6. The minimum atomic E-state index is -0.274. The van der Waals surface area contributed by atoms with Crippen molar-refractivity contribution in [1.82, 2.24) is 15.3 Å². The molecule has 2 rings (SSSR count). The third kappa shape index (κ3) is 3.57.